The van der Waals surface area contributed by atoms with E-state index in [2.05, 4.69) is 25.9 Å². The molecule has 3 heteroatoms. The van der Waals surface area contributed by atoms with Crippen LogP contribution < -0.4 is 5.73 Å². The molecule has 0 amide bonds. The van der Waals surface area contributed by atoms with Gasteiger partial charge in [-0.3, -0.25) is 4.68 Å². The van der Waals surface area contributed by atoms with Crippen LogP contribution in [0.5, 0.6) is 0 Å². The Kier molecular flexibility index (Phi) is 2.13. The summed E-state index contributed by atoms with van der Waals surface area (Å²) in [4.78, 5) is 0. The number of hydrogen-bond donors (Lipinski definition) is 1. The first-order chi connectivity index (χ1) is 5.40. The van der Waals surface area contributed by atoms with Crippen molar-refractivity contribution in [3.8, 4) is 0 Å². The van der Waals surface area contributed by atoms with E-state index in [1.807, 2.05) is 11.6 Å². The van der Waals surface area contributed by atoms with E-state index < -0.39 is 0 Å². The third-order valence-electron chi connectivity index (χ3n) is 1.77. The quantitative estimate of drug-likeness (QED) is 0.693. The SMILES string of the molecule is Cc1c(N)cnn1CC(C)(C)C. The first kappa shape index (κ1) is 9.10. The molecular formula is C9H17N3. The molecule has 0 aliphatic carbocycles. The van der Waals surface area contributed by atoms with Crippen molar-refractivity contribution in [2.24, 2.45) is 5.41 Å². The molecule has 0 aliphatic rings. The zero-order valence-corrected chi connectivity index (χ0v) is 8.26. The minimum Gasteiger partial charge on any atom is -0.396 e. The predicted molar refractivity (Wildman–Crippen MR) is 50.8 cm³/mol. The van der Waals surface area contributed by atoms with E-state index in [1.54, 1.807) is 6.20 Å². The van der Waals surface area contributed by atoms with Gasteiger partial charge in [-0.1, -0.05) is 20.8 Å². The number of aromatic nitrogens is 2. The van der Waals surface area contributed by atoms with Gasteiger partial charge in [0.25, 0.3) is 0 Å². The van der Waals surface area contributed by atoms with Gasteiger partial charge in [0.2, 0.25) is 0 Å². The van der Waals surface area contributed by atoms with Crippen LogP contribution in [-0.2, 0) is 6.54 Å². The van der Waals surface area contributed by atoms with Gasteiger partial charge in [-0.25, -0.2) is 0 Å². The van der Waals surface area contributed by atoms with Crippen LogP contribution in [0.1, 0.15) is 26.5 Å². The van der Waals surface area contributed by atoms with E-state index in [9.17, 15) is 0 Å². The summed E-state index contributed by atoms with van der Waals surface area (Å²) in [5, 5.41) is 4.19. The van der Waals surface area contributed by atoms with Crippen molar-refractivity contribution < 1.29 is 0 Å². The van der Waals surface area contributed by atoms with Crippen molar-refractivity contribution in [3.63, 3.8) is 0 Å². The zero-order valence-electron chi connectivity index (χ0n) is 8.26. The standard InChI is InChI=1S/C9H17N3/c1-7-8(10)5-11-12(7)6-9(2,3)4/h5H,6,10H2,1-4H3. The summed E-state index contributed by atoms with van der Waals surface area (Å²) < 4.78 is 1.95. The van der Waals surface area contributed by atoms with Gasteiger partial charge in [-0.2, -0.15) is 5.10 Å². The maximum Gasteiger partial charge on any atom is 0.0730 e. The molecule has 0 atom stereocenters. The lowest BCUT2D eigenvalue weighted by Crippen LogP contribution is -2.17. The van der Waals surface area contributed by atoms with Crippen molar-refractivity contribution in [3.05, 3.63) is 11.9 Å². The van der Waals surface area contributed by atoms with Crippen LogP contribution in [-0.4, -0.2) is 9.78 Å². The Balaban J connectivity index is 2.83. The second-order valence-corrected chi connectivity index (χ2v) is 4.40. The van der Waals surface area contributed by atoms with Gasteiger partial charge >= 0.3 is 0 Å². The van der Waals surface area contributed by atoms with Crippen LogP contribution in [0, 0.1) is 12.3 Å². The van der Waals surface area contributed by atoms with E-state index in [-0.39, 0.29) is 5.41 Å². The fourth-order valence-corrected chi connectivity index (χ4v) is 1.07. The third-order valence-corrected chi connectivity index (χ3v) is 1.77. The van der Waals surface area contributed by atoms with Crippen molar-refractivity contribution in [1.82, 2.24) is 9.78 Å². The molecule has 0 spiro atoms. The lowest BCUT2D eigenvalue weighted by molar-refractivity contribution is 0.322. The zero-order chi connectivity index (χ0) is 9.35. The van der Waals surface area contributed by atoms with E-state index in [4.69, 9.17) is 5.73 Å². The van der Waals surface area contributed by atoms with Crippen molar-refractivity contribution in [1.29, 1.82) is 0 Å². The minimum atomic E-state index is 0.253. The average Bonchev–Trinajstić information content (AvgIpc) is 2.16. The fraction of sp³-hybridized carbons (Fsp3) is 0.667. The van der Waals surface area contributed by atoms with Gasteiger partial charge in [0.1, 0.15) is 0 Å². The Morgan fingerprint density at radius 1 is 1.50 bits per heavy atom. The first-order valence-corrected chi connectivity index (χ1v) is 4.18. The molecule has 0 saturated heterocycles. The molecule has 0 aliphatic heterocycles. The molecule has 0 aromatic carbocycles. The van der Waals surface area contributed by atoms with Crippen LogP contribution in [0.25, 0.3) is 0 Å². The summed E-state index contributed by atoms with van der Waals surface area (Å²) in [7, 11) is 0. The van der Waals surface area contributed by atoms with Crippen LogP contribution in [0.4, 0.5) is 5.69 Å². The average molecular weight is 167 g/mol. The second-order valence-electron chi connectivity index (χ2n) is 4.40. The Labute approximate surface area is 73.6 Å². The molecule has 1 aromatic rings. The Morgan fingerprint density at radius 3 is 2.42 bits per heavy atom. The Morgan fingerprint density at radius 2 is 2.08 bits per heavy atom. The lowest BCUT2D eigenvalue weighted by atomic mass is 9.97. The number of hydrogen-bond acceptors (Lipinski definition) is 2. The highest BCUT2D eigenvalue weighted by Gasteiger charge is 2.13. The number of nitrogen functional groups attached to an aromatic ring is 1. The topological polar surface area (TPSA) is 43.8 Å². The normalized spacial score (nSPS) is 12.0. The molecule has 1 heterocycles. The molecule has 0 bridgehead atoms. The summed E-state index contributed by atoms with van der Waals surface area (Å²) in [6, 6.07) is 0. The monoisotopic (exact) mass is 167 g/mol. The molecule has 1 aromatic heterocycles. The third kappa shape index (κ3) is 2.00. The molecule has 2 N–H and O–H groups in total. The van der Waals surface area contributed by atoms with Gasteiger partial charge < -0.3 is 5.73 Å². The van der Waals surface area contributed by atoms with Crippen LogP contribution in [0.3, 0.4) is 0 Å². The number of anilines is 1. The largest absolute Gasteiger partial charge is 0.396 e. The molecule has 12 heavy (non-hydrogen) atoms. The van der Waals surface area contributed by atoms with E-state index in [1.165, 1.54) is 0 Å². The summed E-state index contributed by atoms with van der Waals surface area (Å²) >= 11 is 0. The van der Waals surface area contributed by atoms with Crippen LogP contribution in [0.15, 0.2) is 6.20 Å². The summed E-state index contributed by atoms with van der Waals surface area (Å²) in [5.41, 5.74) is 7.77. The van der Waals surface area contributed by atoms with Crippen LogP contribution >= 0.6 is 0 Å². The van der Waals surface area contributed by atoms with Gasteiger partial charge in [-0.15, -0.1) is 0 Å². The molecule has 1 rings (SSSR count). The fourth-order valence-electron chi connectivity index (χ4n) is 1.07. The second kappa shape index (κ2) is 2.81. The maximum absolute atomic E-state index is 5.68. The molecule has 0 fully saturated rings. The number of nitrogens with zero attached hydrogens (tertiary/aromatic N) is 2. The maximum atomic E-state index is 5.68. The first-order valence-electron chi connectivity index (χ1n) is 4.18. The Bertz CT molecular complexity index is 268. The summed E-state index contributed by atoms with van der Waals surface area (Å²) in [6.45, 7) is 9.46. The highest BCUT2D eigenvalue weighted by atomic mass is 15.3. The van der Waals surface area contributed by atoms with Crippen molar-refractivity contribution >= 4 is 5.69 Å². The van der Waals surface area contributed by atoms with Gasteiger partial charge in [0.15, 0.2) is 0 Å². The molecule has 68 valence electrons. The number of nitrogens with two attached hydrogens (primary N) is 1. The highest BCUT2D eigenvalue weighted by molar-refractivity contribution is 5.39. The van der Waals surface area contributed by atoms with E-state index >= 15 is 0 Å². The molecule has 0 saturated carbocycles. The predicted octanol–water partition coefficient (Wildman–Crippen LogP) is 1.82. The van der Waals surface area contributed by atoms with E-state index in [0.717, 1.165) is 17.9 Å². The minimum absolute atomic E-state index is 0.253. The molecule has 3 nitrogen and oxygen atoms in total. The van der Waals surface area contributed by atoms with Crippen molar-refractivity contribution in [2.45, 2.75) is 34.2 Å². The van der Waals surface area contributed by atoms with Gasteiger partial charge in [0, 0.05) is 6.54 Å². The molecule has 0 unspecified atom stereocenters. The highest BCUT2D eigenvalue weighted by Crippen LogP contribution is 2.18. The summed E-state index contributed by atoms with van der Waals surface area (Å²) in [6.07, 6.45) is 1.71. The summed E-state index contributed by atoms with van der Waals surface area (Å²) in [5.74, 6) is 0. The lowest BCUT2D eigenvalue weighted by Gasteiger charge is -2.18. The molecular weight excluding hydrogens is 150 g/mol. The number of rotatable bonds is 1. The Hall–Kier alpha value is -0.990. The van der Waals surface area contributed by atoms with Crippen molar-refractivity contribution in [2.75, 3.05) is 5.73 Å². The van der Waals surface area contributed by atoms with E-state index in [0.29, 0.717) is 0 Å². The van der Waals surface area contributed by atoms with Gasteiger partial charge in [0.05, 0.1) is 17.6 Å². The van der Waals surface area contributed by atoms with Gasteiger partial charge in [-0.05, 0) is 12.3 Å². The van der Waals surface area contributed by atoms with Crippen LogP contribution in [0.2, 0.25) is 0 Å². The molecule has 0 radical (unpaired) electrons. The smallest absolute Gasteiger partial charge is 0.0730 e.